The van der Waals surface area contributed by atoms with Crippen LogP contribution in [0.3, 0.4) is 0 Å². The third-order valence-electron chi connectivity index (χ3n) is 9.29. The van der Waals surface area contributed by atoms with E-state index in [0.29, 0.717) is 0 Å². The zero-order valence-corrected chi connectivity index (χ0v) is 28.3. The molecule has 0 aliphatic rings. The molecular formula is C44H46N2. The molecule has 0 unspecified atom stereocenters. The van der Waals surface area contributed by atoms with Crippen LogP contribution in [-0.2, 0) is 6.42 Å². The summed E-state index contributed by atoms with van der Waals surface area (Å²) in [5.74, 6) is 0.957. The lowest BCUT2D eigenvalue weighted by Crippen LogP contribution is -2.06. The summed E-state index contributed by atoms with van der Waals surface area (Å²) in [5, 5.41) is 0. The molecule has 0 aliphatic carbocycles. The highest BCUT2D eigenvalue weighted by molar-refractivity contribution is 5.79. The van der Waals surface area contributed by atoms with Gasteiger partial charge in [-0.1, -0.05) is 117 Å². The Balaban J connectivity index is 1.46. The largest absolute Gasteiger partial charge is 0.292 e. The molecule has 0 amide bonds. The SMILES string of the molecule is CCCCCCc1ccc(-c2cc(C)c(-n3c(-c4c(C)cccc4C)cnc3-c3cccc(-c4cccc(C)c4)c3)c(C)c2)cc1. The third kappa shape index (κ3) is 6.49. The molecule has 0 saturated carbocycles. The molecule has 6 aromatic rings. The van der Waals surface area contributed by atoms with Crippen molar-refractivity contribution in [3.8, 4) is 50.6 Å². The molecular weight excluding hydrogens is 556 g/mol. The van der Waals surface area contributed by atoms with E-state index in [2.05, 4.69) is 155 Å². The molecule has 0 bridgehead atoms. The Kier molecular flexibility index (Phi) is 9.35. The predicted molar refractivity (Wildman–Crippen MR) is 197 cm³/mol. The molecule has 232 valence electrons. The molecule has 0 N–H and O–H groups in total. The topological polar surface area (TPSA) is 17.8 Å². The van der Waals surface area contributed by atoms with Crippen molar-refractivity contribution in [3.63, 3.8) is 0 Å². The highest BCUT2D eigenvalue weighted by Gasteiger charge is 2.21. The van der Waals surface area contributed by atoms with Gasteiger partial charge in [0, 0.05) is 11.1 Å². The van der Waals surface area contributed by atoms with Crippen LogP contribution in [0.5, 0.6) is 0 Å². The maximum absolute atomic E-state index is 5.15. The number of aryl methyl sites for hydroxylation is 6. The minimum atomic E-state index is 0.957. The zero-order valence-electron chi connectivity index (χ0n) is 28.3. The second-order valence-corrected chi connectivity index (χ2v) is 13.0. The van der Waals surface area contributed by atoms with Crippen LogP contribution < -0.4 is 0 Å². The van der Waals surface area contributed by atoms with E-state index in [4.69, 9.17) is 4.98 Å². The minimum absolute atomic E-state index is 0.957. The molecule has 6 rings (SSSR count). The van der Waals surface area contributed by atoms with Gasteiger partial charge in [0.05, 0.1) is 17.6 Å². The highest BCUT2D eigenvalue weighted by atomic mass is 15.1. The molecule has 46 heavy (non-hydrogen) atoms. The number of aromatic nitrogens is 2. The summed E-state index contributed by atoms with van der Waals surface area (Å²) >= 11 is 0. The maximum atomic E-state index is 5.15. The first-order valence-electron chi connectivity index (χ1n) is 16.9. The molecule has 0 saturated heterocycles. The molecule has 2 nitrogen and oxygen atoms in total. The lowest BCUT2D eigenvalue weighted by Gasteiger charge is -2.21. The van der Waals surface area contributed by atoms with Gasteiger partial charge in [0.1, 0.15) is 5.82 Å². The van der Waals surface area contributed by atoms with Crippen molar-refractivity contribution in [2.45, 2.75) is 73.6 Å². The Bertz CT molecular complexity index is 1930. The predicted octanol–water partition coefficient (Wildman–Crippen LogP) is 12.2. The number of unbranched alkanes of at least 4 members (excludes halogenated alkanes) is 3. The molecule has 0 radical (unpaired) electrons. The van der Waals surface area contributed by atoms with E-state index < -0.39 is 0 Å². The summed E-state index contributed by atoms with van der Waals surface area (Å²) in [4.78, 5) is 5.15. The molecule has 1 aromatic heterocycles. The normalized spacial score (nSPS) is 11.3. The molecule has 0 fully saturated rings. The van der Waals surface area contributed by atoms with Gasteiger partial charge in [-0.3, -0.25) is 4.57 Å². The molecule has 5 aromatic carbocycles. The first-order chi connectivity index (χ1) is 22.3. The Morgan fingerprint density at radius 3 is 1.85 bits per heavy atom. The smallest absolute Gasteiger partial charge is 0.145 e. The zero-order chi connectivity index (χ0) is 32.2. The summed E-state index contributed by atoms with van der Waals surface area (Å²) in [7, 11) is 0. The monoisotopic (exact) mass is 602 g/mol. The summed E-state index contributed by atoms with van der Waals surface area (Å²) < 4.78 is 2.40. The second-order valence-electron chi connectivity index (χ2n) is 13.0. The molecule has 2 heteroatoms. The van der Waals surface area contributed by atoms with Gasteiger partial charge in [-0.2, -0.15) is 0 Å². The Hall–Kier alpha value is -4.69. The van der Waals surface area contributed by atoms with Gasteiger partial charge in [0.25, 0.3) is 0 Å². The van der Waals surface area contributed by atoms with Gasteiger partial charge < -0.3 is 0 Å². The van der Waals surface area contributed by atoms with Crippen molar-refractivity contribution in [2.24, 2.45) is 0 Å². The average molecular weight is 603 g/mol. The van der Waals surface area contributed by atoms with Gasteiger partial charge in [-0.05, 0) is 116 Å². The van der Waals surface area contributed by atoms with E-state index in [1.54, 1.807) is 0 Å². The van der Waals surface area contributed by atoms with Crippen molar-refractivity contribution in [3.05, 3.63) is 143 Å². The molecule has 1 heterocycles. The number of nitrogens with zero attached hydrogens (tertiary/aromatic N) is 2. The van der Waals surface area contributed by atoms with Crippen molar-refractivity contribution in [2.75, 3.05) is 0 Å². The van der Waals surface area contributed by atoms with Crippen LogP contribution in [0, 0.1) is 34.6 Å². The summed E-state index contributed by atoms with van der Waals surface area (Å²) in [5.41, 5.74) is 17.3. The fourth-order valence-electron chi connectivity index (χ4n) is 6.93. The van der Waals surface area contributed by atoms with E-state index in [1.165, 1.54) is 92.6 Å². The van der Waals surface area contributed by atoms with Crippen LogP contribution in [0.15, 0.2) is 109 Å². The third-order valence-corrected chi connectivity index (χ3v) is 9.29. The minimum Gasteiger partial charge on any atom is -0.292 e. The molecule has 0 atom stereocenters. The molecule has 0 spiro atoms. The Morgan fingerprint density at radius 1 is 0.543 bits per heavy atom. The number of imidazole rings is 1. The lowest BCUT2D eigenvalue weighted by molar-refractivity contribution is 0.667. The van der Waals surface area contributed by atoms with E-state index in [-0.39, 0.29) is 0 Å². The average Bonchev–Trinajstić information content (AvgIpc) is 3.47. The van der Waals surface area contributed by atoms with Crippen molar-refractivity contribution in [1.29, 1.82) is 0 Å². The van der Waals surface area contributed by atoms with Gasteiger partial charge >= 0.3 is 0 Å². The van der Waals surface area contributed by atoms with Crippen LogP contribution in [0.4, 0.5) is 0 Å². The van der Waals surface area contributed by atoms with Gasteiger partial charge in [-0.15, -0.1) is 0 Å². The summed E-state index contributed by atoms with van der Waals surface area (Å²) in [6, 6.07) is 38.0. The van der Waals surface area contributed by atoms with Gasteiger partial charge in [0.2, 0.25) is 0 Å². The van der Waals surface area contributed by atoms with Crippen molar-refractivity contribution >= 4 is 0 Å². The number of hydrogen-bond acceptors (Lipinski definition) is 1. The molecule has 0 aliphatic heterocycles. The van der Waals surface area contributed by atoms with Crippen LogP contribution in [0.25, 0.3) is 50.6 Å². The van der Waals surface area contributed by atoms with Crippen LogP contribution >= 0.6 is 0 Å². The second kappa shape index (κ2) is 13.7. The van der Waals surface area contributed by atoms with Crippen LogP contribution in [-0.4, -0.2) is 9.55 Å². The van der Waals surface area contributed by atoms with E-state index in [1.807, 2.05) is 0 Å². The highest BCUT2D eigenvalue weighted by Crippen LogP contribution is 2.38. The van der Waals surface area contributed by atoms with Gasteiger partial charge in [-0.25, -0.2) is 4.98 Å². The van der Waals surface area contributed by atoms with Crippen molar-refractivity contribution in [1.82, 2.24) is 9.55 Å². The first-order valence-corrected chi connectivity index (χ1v) is 16.9. The maximum Gasteiger partial charge on any atom is 0.145 e. The summed E-state index contributed by atoms with van der Waals surface area (Å²) in [6.07, 6.45) is 8.41. The number of hydrogen-bond donors (Lipinski definition) is 0. The fraction of sp³-hybridized carbons (Fsp3) is 0.250. The summed E-state index contributed by atoms with van der Waals surface area (Å²) in [6.45, 7) is 13.3. The fourth-order valence-corrected chi connectivity index (χ4v) is 6.93. The quantitative estimate of drug-likeness (QED) is 0.143. The van der Waals surface area contributed by atoms with Gasteiger partial charge in [0.15, 0.2) is 0 Å². The van der Waals surface area contributed by atoms with E-state index in [0.717, 1.165) is 23.5 Å². The van der Waals surface area contributed by atoms with Crippen molar-refractivity contribution < 1.29 is 0 Å². The van der Waals surface area contributed by atoms with Crippen LogP contribution in [0.2, 0.25) is 0 Å². The Morgan fingerprint density at radius 2 is 1.17 bits per heavy atom. The van der Waals surface area contributed by atoms with E-state index in [9.17, 15) is 0 Å². The first kappa shape index (κ1) is 31.3. The lowest BCUT2D eigenvalue weighted by atomic mass is 9.96. The van der Waals surface area contributed by atoms with E-state index >= 15 is 0 Å². The standard InChI is InChI=1S/C44H46N2/c1-7-8-9-10-17-35-21-23-36(24-22-35)40-26-33(5)43(34(6)27-40)46-41(42-31(3)15-12-16-32(42)4)29-45-44(46)39-20-13-19-38(28-39)37-18-11-14-30(2)25-37/h11-16,18-29H,7-10,17H2,1-6H3. The number of rotatable bonds is 10. The number of benzene rings is 5. The Labute approximate surface area is 275 Å². The van der Waals surface area contributed by atoms with Crippen LogP contribution in [0.1, 0.15) is 66.0 Å².